The Morgan fingerprint density at radius 3 is 2.75 bits per heavy atom. The Morgan fingerprint density at radius 2 is 1.95 bits per heavy atom. The van der Waals surface area contributed by atoms with Crippen LogP contribution in [0.2, 0.25) is 0 Å². The van der Waals surface area contributed by atoms with Crippen LogP contribution >= 0.6 is 0 Å². The zero-order chi connectivity index (χ0) is 13.9. The second kappa shape index (κ2) is 5.47. The first-order chi connectivity index (χ1) is 9.74. The SMILES string of the molecule is NC(Cc1ccccc1)c1ccc2c(c1)C(=O)NCC2. The summed E-state index contributed by atoms with van der Waals surface area (Å²) >= 11 is 0. The molecule has 0 spiro atoms. The third kappa shape index (κ3) is 2.58. The first kappa shape index (κ1) is 12.9. The molecule has 102 valence electrons. The highest BCUT2D eigenvalue weighted by Gasteiger charge is 2.18. The second-order valence-corrected chi connectivity index (χ2v) is 5.22. The van der Waals surface area contributed by atoms with Crippen molar-refractivity contribution >= 4 is 5.91 Å². The Balaban J connectivity index is 1.83. The summed E-state index contributed by atoms with van der Waals surface area (Å²) in [5, 5.41) is 2.87. The third-order valence-corrected chi connectivity index (χ3v) is 3.79. The molecule has 1 heterocycles. The number of hydrogen-bond donors (Lipinski definition) is 2. The smallest absolute Gasteiger partial charge is 0.251 e. The van der Waals surface area contributed by atoms with Gasteiger partial charge in [0.25, 0.3) is 5.91 Å². The molecule has 2 aromatic carbocycles. The molecule has 0 aromatic heterocycles. The molecule has 1 amide bonds. The van der Waals surface area contributed by atoms with Crippen LogP contribution < -0.4 is 11.1 Å². The average Bonchev–Trinajstić information content (AvgIpc) is 2.48. The van der Waals surface area contributed by atoms with Crippen molar-refractivity contribution in [2.45, 2.75) is 18.9 Å². The molecule has 3 rings (SSSR count). The van der Waals surface area contributed by atoms with Crippen LogP contribution in [0.25, 0.3) is 0 Å². The Hall–Kier alpha value is -2.13. The van der Waals surface area contributed by atoms with Crippen molar-refractivity contribution < 1.29 is 4.79 Å². The lowest BCUT2D eigenvalue weighted by molar-refractivity contribution is 0.0946. The number of benzene rings is 2. The zero-order valence-electron chi connectivity index (χ0n) is 11.3. The summed E-state index contributed by atoms with van der Waals surface area (Å²) in [6.07, 6.45) is 1.68. The van der Waals surface area contributed by atoms with Gasteiger partial charge in [0.2, 0.25) is 0 Å². The topological polar surface area (TPSA) is 55.1 Å². The molecule has 0 radical (unpaired) electrons. The normalized spacial score (nSPS) is 15.3. The van der Waals surface area contributed by atoms with Gasteiger partial charge >= 0.3 is 0 Å². The number of carbonyl (C=O) groups excluding carboxylic acids is 1. The van der Waals surface area contributed by atoms with Crippen LogP contribution in [0.1, 0.15) is 33.1 Å². The highest BCUT2D eigenvalue weighted by atomic mass is 16.1. The van der Waals surface area contributed by atoms with Crippen molar-refractivity contribution in [3.05, 3.63) is 70.8 Å². The monoisotopic (exact) mass is 266 g/mol. The number of nitrogens with two attached hydrogens (primary N) is 1. The molecular weight excluding hydrogens is 248 g/mol. The summed E-state index contributed by atoms with van der Waals surface area (Å²) in [4.78, 5) is 11.9. The summed E-state index contributed by atoms with van der Waals surface area (Å²) < 4.78 is 0. The maximum Gasteiger partial charge on any atom is 0.251 e. The molecule has 3 N–H and O–H groups in total. The van der Waals surface area contributed by atoms with Crippen molar-refractivity contribution in [1.82, 2.24) is 5.32 Å². The molecule has 0 bridgehead atoms. The predicted octanol–water partition coefficient (Wildman–Crippen LogP) is 2.21. The van der Waals surface area contributed by atoms with E-state index in [9.17, 15) is 4.79 Å². The predicted molar refractivity (Wildman–Crippen MR) is 79.6 cm³/mol. The van der Waals surface area contributed by atoms with E-state index < -0.39 is 0 Å². The van der Waals surface area contributed by atoms with Gasteiger partial charge in [-0.05, 0) is 35.6 Å². The molecule has 3 nitrogen and oxygen atoms in total. The number of rotatable bonds is 3. The Labute approximate surface area is 118 Å². The van der Waals surface area contributed by atoms with Crippen LogP contribution in [0.3, 0.4) is 0 Å². The van der Waals surface area contributed by atoms with Crippen LogP contribution in [0.4, 0.5) is 0 Å². The van der Waals surface area contributed by atoms with Crippen molar-refractivity contribution in [3.63, 3.8) is 0 Å². The highest BCUT2D eigenvalue weighted by Crippen LogP contribution is 2.21. The lowest BCUT2D eigenvalue weighted by atomic mass is 9.93. The van der Waals surface area contributed by atoms with Crippen LogP contribution in [0, 0.1) is 0 Å². The molecule has 0 aliphatic carbocycles. The molecule has 3 heteroatoms. The minimum Gasteiger partial charge on any atom is -0.352 e. The fourth-order valence-corrected chi connectivity index (χ4v) is 2.65. The maximum atomic E-state index is 11.9. The van der Waals surface area contributed by atoms with Gasteiger partial charge in [-0.1, -0.05) is 42.5 Å². The Bertz CT molecular complexity index is 622. The maximum absolute atomic E-state index is 11.9. The van der Waals surface area contributed by atoms with E-state index in [1.54, 1.807) is 0 Å². The summed E-state index contributed by atoms with van der Waals surface area (Å²) in [6, 6.07) is 16.1. The highest BCUT2D eigenvalue weighted by molar-refractivity contribution is 5.96. The van der Waals surface area contributed by atoms with Crippen molar-refractivity contribution in [1.29, 1.82) is 0 Å². The molecule has 0 saturated heterocycles. The van der Waals surface area contributed by atoms with Gasteiger partial charge in [-0.2, -0.15) is 0 Å². The van der Waals surface area contributed by atoms with Crippen LogP contribution in [-0.2, 0) is 12.8 Å². The summed E-state index contributed by atoms with van der Waals surface area (Å²) in [5.74, 6) is 0.0139. The van der Waals surface area contributed by atoms with Gasteiger partial charge in [0.1, 0.15) is 0 Å². The third-order valence-electron chi connectivity index (χ3n) is 3.79. The van der Waals surface area contributed by atoms with Gasteiger partial charge in [0, 0.05) is 18.2 Å². The first-order valence-electron chi connectivity index (χ1n) is 6.94. The summed E-state index contributed by atoms with van der Waals surface area (Å²) in [6.45, 7) is 0.723. The van der Waals surface area contributed by atoms with Crippen LogP contribution in [0.15, 0.2) is 48.5 Å². The van der Waals surface area contributed by atoms with E-state index in [0.29, 0.717) is 0 Å². The van der Waals surface area contributed by atoms with E-state index in [4.69, 9.17) is 5.73 Å². The van der Waals surface area contributed by atoms with Gasteiger partial charge in [-0.3, -0.25) is 4.79 Å². The van der Waals surface area contributed by atoms with Gasteiger partial charge in [-0.25, -0.2) is 0 Å². The van der Waals surface area contributed by atoms with E-state index in [1.807, 2.05) is 36.4 Å². The minimum atomic E-state index is -0.0857. The fraction of sp³-hybridized carbons (Fsp3) is 0.235. The Morgan fingerprint density at radius 1 is 1.15 bits per heavy atom. The van der Waals surface area contributed by atoms with E-state index in [-0.39, 0.29) is 11.9 Å². The second-order valence-electron chi connectivity index (χ2n) is 5.22. The molecule has 0 fully saturated rings. The van der Waals surface area contributed by atoms with Gasteiger partial charge in [-0.15, -0.1) is 0 Å². The number of nitrogens with one attached hydrogen (secondary N) is 1. The number of amides is 1. The van der Waals surface area contributed by atoms with Crippen LogP contribution in [-0.4, -0.2) is 12.5 Å². The molecule has 1 aliphatic heterocycles. The first-order valence-corrected chi connectivity index (χ1v) is 6.94. The standard InChI is InChI=1S/C17H18N2O/c18-16(10-12-4-2-1-3-5-12)14-7-6-13-8-9-19-17(20)15(13)11-14/h1-7,11,16H,8-10,18H2,(H,19,20). The van der Waals surface area contributed by atoms with Crippen molar-refractivity contribution in [3.8, 4) is 0 Å². The molecule has 1 atom stereocenters. The molecule has 20 heavy (non-hydrogen) atoms. The number of fused-ring (bicyclic) bond motifs is 1. The quantitative estimate of drug-likeness (QED) is 0.895. The van der Waals surface area contributed by atoms with Crippen molar-refractivity contribution in [2.24, 2.45) is 5.73 Å². The number of hydrogen-bond acceptors (Lipinski definition) is 2. The molecule has 2 aromatic rings. The van der Waals surface area contributed by atoms with Gasteiger partial charge in [0.05, 0.1) is 0 Å². The average molecular weight is 266 g/mol. The van der Waals surface area contributed by atoms with E-state index in [1.165, 1.54) is 5.56 Å². The van der Waals surface area contributed by atoms with Gasteiger partial charge in [0.15, 0.2) is 0 Å². The van der Waals surface area contributed by atoms with Crippen LogP contribution in [0.5, 0.6) is 0 Å². The van der Waals surface area contributed by atoms with Crippen molar-refractivity contribution in [2.75, 3.05) is 6.54 Å². The summed E-state index contributed by atoms with van der Waals surface area (Å²) in [5.41, 5.74) is 10.4. The number of carbonyl (C=O) groups is 1. The van der Waals surface area contributed by atoms with Gasteiger partial charge < -0.3 is 11.1 Å². The Kier molecular flexibility index (Phi) is 3.52. The van der Waals surface area contributed by atoms with E-state index >= 15 is 0 Å². The van der Waals surface area contributed by atoms with E-state index in [0.717, 1.165) is 36.1 Å². The zero-order valence-corrected chi connectivity index (χ0v) is 11.3. The summed E-state index contributed by atoms with van der Waals surface area (Å²) in [7, 11) is 0. The minimum absolute atomic E-state index is 0.0139. The van der Waals surface area contributed by atoms with E-state index in [2.05, 4.69) is 17.4 Å². The fourth-order valence-electron chi connectivity index (χ4n) is 2.65. The molecule has 1 aliphatic rings. The molecule has 0 saturated carbocycles. The lowest BCUT2D eigenvalue weighted by Gasteiger charge is -2.19. The molecule has 1 unspecified atom stereocenters. The lowest BCUT2D eigenvalue weighted by Crippen LogP contribution is -2.32. The largest absolute Gasteiger partial charge is 0.352 e. The molecular formula is C17H18N2O.